The molecule has 27 heavy (non-hydrogen) atoms. The van der Waals surface area contributed by atoms with Crippen molar-refractivity contribution in [3.8, 4) is 5.75 Å². The minimum Gasteiger partial charge on any atom is -0.481 e. The number of hydrogen-bond acceptors (Lipinski definition) is 3. The van der Waals surface area contributed by atoms with Crippen LogP contribution in [0.4, 0.5) is 11.4 Å². The van der Waals surface area contributed by atoms with Crippen LogP contribution in [0.15, 0.2) is 48.5 Å². The average molecular weight is 368 g/mol. The van der Waals surface area contributed by atoms with Gasteiger partial charge in [0.1, 0.15) is 5.75 Å². The van der Waals surface area contributed by atoms with Gasteiger partial charge in [0, 0.05) is 17.8 Å². The fourth-order valence-electron chi connectivity index (χ4n) is 2.52. The second-order valence-electron chi connectivity index (χ2n) is 6.97. The third kappa shape index (κ3) is 6.77. The summed E-state index contributed by atoms with van der Waals surface area (Å²) in [6.45, 7) is 7.80. The van der Waals surface area contributed by atoms with Crippen LogP contribution in [0.2, 0.25) is 0 Å². The van der Waals surface area contributed by atoms with Gasteiger partial charge in [-0.1, -0.05) is 32.9 Å². The zero-order chi connectivity index (χ0) is 19.8. The highest BCUT2D eigenvalue weighted by molar-refractivity contribution is 5.95. The van der Waals surface area contributed by atoms with Crippen molar-refractivity contribution in [2.75, 3.05) is 10.6 Å². The number of amides is 2. The molecule has 2 aromatic rings. The van der Waals surface area contributed by atoms with E-state index < -0.39 is 6.10 Å². The highest BCUT2D eigenvalue weighted by atomic mass is 16.5. The normalized spacial score (nSPS) is 11.7. The summed E-state index contributed by atoms with van der Waals surface area (Å²) in [6.07, 6.45) is 0.819. The van der Waals surface area contributed by atoms with Crippen LogP contribution < -0.4 is 15.4 Å². The lowest BCUT2D eigenvalue weighted by Crippen LogP contribution is -2.30. The summed E-state index contributed by atoms with van der Waals surface area (Å²) >= 11 is 0. The van der Waals surface area contributed by atoms with Crippen molar-refractivity contribution in [2.24, 2.45) is 5.92 Å². The maximum atomic E-state index is 12.3. The SMILES string of the molecule is CCc1ccc(OC(C)C(=O)Nc2ccc(NC(=O)CC(C)C)cc2)cc1. The highest BCUT2D eigenvalue weighted by Crippen LogP contribution is 2.17. The molecule has 1 atom stereocenters. The van der Waals surface area contributed by atoms with Crippen LogP contribution in [0.3, 0.4) is 0 Å². The van der Waals surface area contributed by atoms with E-state index in [4.69, 9.17) is 4.74 Å². The Kier molecular flexibility index (Phi) is 7.41. The van der Waals surface area contributed by atoms with E-state index in [1.807, 2.05) is 38.1 Å². The molecule has 2 aromatic carbocycles. The van der Waals surface area contributed by atoms with Gasteiger partial charge in [-0.05, 0) is 61.2 Å². The van der Waals surface area contributed by atoms with Crippen molar-refractivity contribution in [2.45, 2.75) is 46.6 Å². The lowest BCUT2D eigenvalue weighted by atomic mass is 10.1. The van der Waals surface area contributed by atoms with E-state index in [1.54, 1.807) is 31.2 Å². The van der Waals surface area contributed by atoms with E-state index >= 15 is 0 Å². The van der Waals surface area contributed by atoms with Gasteiger partial charge < -0.3 is 15.4 Å². The van der Waals surface area contributed by atoms with E-state index in [1.165, 1.54) is 5.56 Å². The Morgan fingerprint density at radius 2 is 1.44 bits per heavy atom. The van der Waals surface area contributed by atoms with E-state index in [-0.39, 0.29) is 11.8 Å². The number of benzene rings is 2. The zero-order valence-electron chi connectivity index (χ0n) is 16.4. The highest BCUT2D eigenvalue weighted by Gasteiger charge is 2.15. The van der Waals surface area contributed by atoms with Crippen molar-refractivity contribution in [3.63, 3.8) is 0 Å². The molecule has 2 rings (SSSR count). The molecule has 0 aromatic heterocycles. The smallest absolute Gasteiger partial charge is 0.265 e. The first-order chi connectivity index (χ1) is 12.9. The molecule has 0 aliphatic rings. The molecule has 0 saturated carbocycles. The molecule has 1 unspecified atom stereocenters. The van der Waals surface area contributed by atoms with Crippen LogP contribution >= 0.6 is 0 Å². The number of rotatable bonds is 8. The second kappa shape index (κ2) is 9.76. The molecule has 2 N–H and O–H groups in total. The molecule has 2 amide bonds. The zero-order valence-corrected chi connectivity index (χ0v) is 16.4. The summed E-state index contributed by atoms with van der Waals surface area (Å²) in [5, 5.41) is 5.66. The lowest BCUT2D eigenvalue weighted by molar-refractivity contribution is -0.122. The Hall–Kier alpha value is -2.82. The van der Waals surface area contributed by atoms with Gasteiger partial charge in [0.2, 0.25) is 5.91 Å². The quantitative estimate of drug-likeness (QED) is 0.713. The first kappa shape index (κ1) is 20.5. The first-order valence-electron chi connectivity index (χ1n) is 9.33. The molecule has 0 bridgehead atoms. The maximum Gasteiger partial charge on any atom is 0.265 e. The molecule has 144 valence electrons. The Morgan fingerprint density at radius 1 is 0.889 bits per heavy atom. The minimum absolute atomic E-state index is 0.0158. The van der Waals surface area contributed by atoms with Gasteiger partial charge in [-0.15, -0.1) is 0 Å². The van der Waals surface area contributed by atoms with Crippen molar-refractivity contribution >= 4 is 23.2 Å². The van der Waals surface area contributed by atoms with Gasteiger partial charge in [-0.2, -0.15) is 0 Å². The van der Waals surface area contributed by atoms with Gasteiger partial charge in [-0.3, -0.25) is 9.59 Å². The number of aryl methyl sites for hydroxylation is 1. The molecule has 0 saturated heterocycles. The molecule has 0 aliphatic carbocycles. The third-order valence-corrected chi connectivity index (χ3v) is 4.04. The number of carbonyl (C=O) groups excluding carboxylic acids is 2. The summed E-state index contributed by atoms with van der Waals surface area (Å²) in [6, 6.07) is 14.8. The van der Waals surface area contributed by atoms with E-state index in [2.05, 4.69) is 17.6 Å². The molecule has 0 spiro atoms. The molecule has 0 fully saturated rings. The summed E-state index contributed by atoms with van der Waals surface area (Å²) in [7, 11) is 0. The minimum atomic E-state index is -0.622. The lowest BCUT2D eigenvalue weighted by Gasteiger charge is -2.15. The van der Waals surface area contributed by atoms with E-state index in [0.29, 0.717) is 29.5 Å². The predicted molar refractivity (Wildman–Crippen MR) is 109 cm³/mol. The van der Waals surface area contributed by atoms with Crippen LogP contribution in [0, 0.1) is 5.92 Å². The van der Waals surface area contributed by atoms with Crippen LogP contribution in [0.25, 0.3) is 0 Å². The predicted octanol–water partition coefficient (Wildman–Crippen LogP) is 4.64. The molecule has 5 nitrogen and oxygen atoms in total. The van der Waals surface area contributed by atoms with Crippen molar-refractivity contribution < 1.29 is 14.3 Å². The van der Waals surface area contributed by atoms with Crippen LogP contribution in [0.1, 0.15) is 39.7 Å². The van der Waals surface area contributed by atoms with Crippen LogP contribution in [0.5, 0.6) is 5.75 Å². The van der Waals surface area contributed by atoms with Crippen molar-refractivity contribution in [1.82, 2.24) is 0 Å². The Bertz CT molecular complexity index is 752. The van der Waals surface area contributed by atoms with Gasteiger partial charge in [0.15, 0.2) is 6.10 Å². The molecular weight excluding hydrogens is 340 g/mol. The van der Waals surface area contributed by atoms with Gasteiger partial charge in [0.05, 0.1) is 0 Å². The van der Waals surface area contributed by atoms with E-state index in [0.717, 1.165) is 6.42 Å². The third-order valence-electron chi connectivity index (χ3n) is 4.04. The topological polar surface area (TPSA) is 67.4 Å². The summed E-state index contributed by atoms with van der Waals surface area (Å²) in [4.78, 5) is 24.1. The number of ether oxygens (including phenoxy) is 1. The Morgan fingerprint density at radius 3 is 1.96 bits per heavy atom. The first-order valence-corrected chi connectivity index (χ1v) is 9.33. The van der Waals surface area contributed by atoms with E-state index in [9.17, 15) is 9.59 Å². The maximum absolute atomic E-state index is 12.3. The average Bonchev–Trinajstić information content (AvgIpc) is 2.63. The largest absolute Gasteiger partial charge is 0.481 e. The number of nitrogens with one attached hydrogen (secondary N) is 2. The number of hydrogen-bond donors (Lipinski definition) is 2. The standard InChI is InChI=1S/C22H28N2O3/c1-5-17-6-12-20(13-7-17)27-16(4)22(26)24-19-10-8-18(9-11-19)23-21(25)14-15(2)3/h6-13,15-16H,5,14H2,1-4H3,(H,23,25)(H,24,26). The van der Waals surface area contributed by atoms with Crippen LogP contribution in [-0.2, 0) is 16.0 Å². The molecular formula is C22H28N2O3. The summed E-state index contributed by atoms with van der Waals surface area (Å²) < 4.78 is 5.69. The number of carbonyl (C=O) groups is 2. The molecule has 0 aliphatic heterocycles. The number of anilines is 2. The molecule has 5 heteroatoms. The fraction of sp³-hybridized carbons (Fsp3) is 0.364. The molecule has 0 heterocycles. The second-order valence-corrected chi connectivity index (χ2v) is 6.97. The van der Waals surface area contributed by atoms with Gasteiger partial charge in [0.25, 0.3) is 5.91 Å². The van der Waals surface area contributed by atoms with Crippen molar-refractivity contribution in [3.05, 3.63) is 54.1 Å². The summed E-state index contributed by atoms with van der Waals surface area (Å²) in [5.74, 6) is 0.727. The Labute approximate surface area is 161 Å². The molecule has 0 radical (unpaired) electrons. The monoisotopic (exact) mass is 368 g/mol. The van der Waals surface area contributed by atoms with Gasteiger partial charge in [-0.25, -0.2) is 0 Å². The summed E-state index contributed by atoms with van der Waals surface area (Å²) in [5.41, 5.74) is 2.58. The van der Waals surface area contributed by atoms with Crippen molar-refractivity contribution in [1.29, 1.82) is 0 Å². The fourth-order valence-corrected chi connectivity index (χ4v) is 2.52. The van der Waals surface area contributed by atoms with Crippen LogP contribution in [-0.4, -0.2) is 17.9 Å². The van der Waals surface area contributed by atoms with Gasteiger partial charge >= 0.3 is 0 Å². The Balaban J connectivity index is 1.87.